The fraction of sp³-hybridized carbons (Fsp3) is 0.944. The van der Waals surface area contributed by atoms with Gasteiger partial charge < -0.3 is 106 Å². The number of amides is 2. The van der Waals surface area contributed by atoms with Crippen molar-refractivity contribution in [3.63, 3.8) is 0 Å². The van der Waals surface area contributed by atoms with Gasteiger partial charge in [-0.2, -0.15) is 0 Å². The maximum Gasteiger partial charge on any atom is 0.246 e. The molecule has 0 unspecified atom stereocenters. The molecule has 2 saturated carbocycles. The van der Waals surface area contributed by atoms with Gasteiger partial charge in [0.1, 0.15) is 37.6 Å². The maximum absolute atomic E-state index is 12.7. The van der Waals surface area contributed by atoms with E-state index in [0.717, 1.165) is 38.5 Å². The molecule has 22 heteroatoms. The first-order chi connectivity index (χ1) is 27.5. The number of ether oxygens (including phenoxy) is 4. The molecule has 0 radical (unpaired) electrons. The Morgan fingerprint density at radius 2 is 0.862 bits per heavy atom. The minimum absolute atomic E-state index is 0.0806. The lowest BCUT2D eigenvalue weighted by atomic mass is 9.71. The Kier molecular flexibility index (Phi) is 19.3. The molecule has 0 aromatic rings. The molecule has 0 aromatic heterocycles. The van der Waals surface area contributed by atoms with Gasteiger partial charge in [0.25, 0.3) is 0 Å². The van der Waals surface area contributed by atoms with Crippen LogP contribution >= 0.6 is 0 Å². The molecule has 0 aromatic carbocycles. The van der Waals surface area contributed by atoms with Gasteiger partial charge in [-0.1, -0.05) is 25.7 Å². The van der Waals surface area contributed by atoms with Crippen molar-refractivity contribution in [3.05, 3.63) is 0 Å². The Hall–Kier alpha value is -1.78. The van der Waals surface area contributed by atoms with Crippen molar-refractivity contribution < 1.29 is 59.2 Å². The van der Waals surface area contributed by atoms with Gasteiger partial charge >= 0.3 is 0 Å². The number of aliphatic hydroxyl groups is 6. The lowest BCUT2D eigenvalue weighted by molar-refractivity contribution is -0.217. The van der Waals surface area contributed by atoms with Crippen LogP contribution in [0, 0.1) is 11.8 Å². The van der Waals surface area contributed by atoms with Gasteiger partial charge in [-0.3, -0.25) is 9.59 Å². The van der Waals surface area contributed by atoms with Crippen LogP contribution in [0.1, 0.15) is 51.4 Å². The first-order valence-corrected chi connectivity index (χ1v) is 20.6. The van der Waals surface area contributed by atoms with Gasteiger partial charge in [-0.05, 0) is 25.7 Å². The fourth-order valence-corrected chi connectivity index (χ4v) is 8.91. The molecule has 2 aliphatic carbocycles. The number of carbonyl (C=O) groups excluding carboxylic acids is 2. The number of hydrogen-bond acceptors (Lipinski definition) is 20. The number of aliphatic hydroxyl groups excluding tert-OH is 6. The third-order valence-electron chi connectivity index (χ3n) is 12.3. The van der Waals surface area contributed by atoms with E-state index in [1.54, 1.807) is 0 Å². The van der Waals surface area contributed by atoms with Crippen LogP contribution in [0.4, 0.5) is 0 Å². The van der Waals surface area contributed by atoms with Gasteiger partial charge in [0.2, 0.25) is 11.8 Å². The first-order valence-electron chi connectivity index (χ1n) is 20.6. The summed E-state index contributed by atoms with van der Waals surface area (Å²) in [5, 5.41) is 69.1. The van der Waals surface area contributed by atoms with Crippen molar-refractivity contribution in [1.29, 1.82) is 0 Å². The standard InChI is InChI=1S/C36H72N10O12/c37-11-19-29(51)31(53)25(43)33(57-19)23-15(39)9-17(41)27(49)35(23)55-13-21(47)45-7-5-3-1-2-4-6-8-46-22(48)14-56-36-24(16(40)10-18(42)28(36)50)34-26(44)32(54)30(52)20(12-38)58-34/h15-20,23-36,49-54H,1-14,37-44H2,(H,45,47)(H,46,48)/t15-,16-,17+,18+,19+,20+,23-,24-,25+,26+,27-,28-,29+,30+,31+,32+,33+,34+,35-,36-/m0/s1. The fourth-order valence-electron chi connectivity index (χ4n) is 8.91. The van der Waals surface area contributed by atoms with E-state index in [9.17, 15) is 40.2 Å². The van der Waals surface area contributed by atoms with E-state index in [-0.39, 0.29) is 39.1 Å². The summed E-state index contributed by atoms with van der Waals surface area (Å²) < 4.78 is 23.7. The number of nitrogens with two attached hydrogens (primary N) is 8. The molecule has 2 heterocycles. The molecule has 20 atom stereocenters. The highest BCUT2D eigenvalue weighted by molar-refractivity contribution is 5.77. The summed E-state index contributed by atoms with van der Waals surface area (Å²) in [5.41, 5.74) is 49.0. The minimum atomic E-state index is -1.34. The van der Waals surface area contributed by atoms with Crippen LogP contribution in [0.3, 0.4) is 0 Å². The van der Waals surface area contributed by atoms with Crippen molar-refractivity contribution >= 4 is 11.8 Å². The molecule has 4 rings (SSSR count). The zero-order valence-corrected chi connectivity index (χ0v) is 33.2. The molecule has 58 heavy (non-hydrogen) atoms. The highest BCUT2D eigenvalue weighted by Crippen LogP contribution is 2.37. The summed E-state index contributed by atoms with van der Waals surface area (Å²) in [4.78, 5) is 25.3. The predicted octanol–water partition coefficient (Wildman–Crippen LogP) is -8.05. The summed E-state index contributed by atoms with van der Waals surface area (Å²) in [6.45, 7) is -0.0931. The summed E-state index contributed by atoms with van der Waals surface area (Å²) in [6, 6.07) is -4.80. The Morgan fingerprint density at radius 1 is 0.517 bits per heavy atom. The van der Waals surface area contributed by atoms with Gasteiger partial charge in [0.15, 0.2) is 0 Å². The van der Waals surface area contributed by atoms with Crippen molar-refractivity contribution in [2.45, 2.75) is 161 Å². The van der Waals surface area contributed by atoms with E-state index in [1.165, 1.54) is 0 Å². The van der Waals surface area contributed by atoms with Gasteiger partial charge in [-0.15, -0.1) is 0 Å². The number of unbranched alkanes of at least 4 members (excludes halogenated alkanes) is 5. The van der Waals surface area contributed by atoms with Crippen LogP contribution in [0.2, 0.25) is 0 Å². The topological polar surface area (TPSA) is 425 Å². The molecule has 2 amide bonds. The van der Waals surface area contributed by atoms with E-state index in [2.05, 4.69) is 10.6 Å². The smallest absolute Gasteiger partial charge is 0.246 e. The minimum Gasteiger partial charge on any atom is -0.389 e. The zero-order valence-electron chi connectivity index (χ0n) is 33.2. The molecule has 0 bridgehead atoms. The van der Waals surface area contributed by atoms with E-state index in [0.29, 0.717) is 13.1 Å². The van der Waals surface area contributed by atoms with E-state index < -0.39 is 133 Å². The van der Waals surface area contributed by atoms with E-state index in [4.69, 9.17) is 64.8 Å². The van der Waals surface area contributed by atoms with Crippen LogP contribution in [0.25, 0.3) is 0 Å². The molecule has 22 nitrogen and oxygen atoms in total. The summed E-state index contributed by atoms with van der Waals surface area (Å²) in [5.74, 6) is -2.27. The lowest BCUT2D eigenvalue weighted by Crippen LogP contribution is -2.70. The van der Waals surface area contributed by atoms with Gasteiger partial charge in [-0.25, -0.2) is 0 Å². The van der Waals surface area contributed by atoms with Gasteiger partial charge in [0, 0.05) is 62.2 Å². The molecule has 24 N–H and O–H groups in total. The third-order valence-corrected chi connectivity index (χ3v) is 12.3. The highest BCUT2D eigenvalue weighted by Gasteiger charge is 2.54. The third kappa shape index (κ3) is 12.0. The highest BCUT2D eigenvalue weighted by atomic mass is 16.5. The number of rotatable bonds is 19. The van der Waals surface area contributed by atoms with Crippen molar-refractivity contribution in [3.8, 4) is 0 Å². The van der Waals surface area contributed by atoms with E-state index in [1.807, 2.05) is 0 Å². The maximum atomic E-state index is 12.7. The molecule has 338 valence electrons. The number of carbonyl (C=O) groups is 2. The number of nitrogens with one attached hydrogen (secondary N) is 2. The molecule has 4 fully saturated rings. The second kappa shape index (κ2) is 22.9. The zero-order chi connectivity index (χ0) is 42.8. The first kappa shape index (κ1) is 48.9. The van der Waals surface area contributed by atoms with Crippen LogP contribution < -0.4 is 56.5 Å². The second-order valence-corrected chi connectivity index (χ2v) is 16.5. The Morgan fingerprint density at radius 3 is 1.21 bits per heavy atom. The van der Waals surface area contributed by atoms with Crippen LogP contribution in [-0.4, -0.2) is 191 Å². The monoisotopic (exact) mass is 837 g/mol. The van der Waals surface area contributed by atoms with E-state index >= 15 is 0 Å². The molecule has 4 aliphatic rings. The summed E-state index contributed by atoms with van der Waals surface area (Å²) >= 11 is 0. The predicted molar refractivity (Wildman–Crippen MR) is 209 cm³/mol. The van der Waals surface area contributed by atoms with Crippen LogP contribution in [-0.2, 0) is 28.5 Å². The average molecular weight is 837 g/mol. The SMILES string of the molecule is NC[C@H]1O[C@H]([C@H]2[C@H](OCC(=O)NCCCCCCCCNC(=O)CO[C@@H]3[C@@H](O)[C@H](N)C[C@H](N)[C@H]3[C@H]3O[C@H](CN)[C@@H](O)[C@H](O)[C@H]3N)[C@@H](O)[C@H](N)C[C@@H]2N)[C@H](N)[C@@H](O)[C@@H]1O. The Labute approximate surface area is 339 Å². The van der Waals surface area contributed by atoms with Crippen LogP contribution in [0.5, 0.6) is 0 Å². The van der Waals surface area contributed by atoms with Crippen molar-refractivity contribution in [1.82, 2.24) is 10.6 Å². The quantitative estimate of drug-likeness (QED) is 0.0537. The molecule has 0 spiro atoms. The summed E-state index contributed by atoms with van der Waals surface area (Å²) in [6.07, 6.45) is -7.90. The Bertz CT molecular complexity index is 1170. The molecule has 2 aliphatic heterocycles. The molecular weight excluding hydrogens is 764 g/mol. The van der Waals surface area contributed by atoms with Crippen molar-refractivity contribution in [2.24, 2.45) is 57.7 Å². The average Bonchev–Trinajstić information content (AvgIpc) is 3.19. The van der Waals surface area contributed by atoms with Crippen LogP contribution in [0.15, 0.2) is 0 Å². The number of hydrogen-bond donors (Lipinski definition) is 16. The lowest BCUT2D eigenvalue weighted by Gasteiger charge is -2.50. The normalized spacial score (nSPS) is 43.5. The van der Waals surface area contributed by atoms with Crippen molar-refractivity contribution in [2.75, 3.05) is 39.4 Å². The second-order valence-electron chi connectivity index (χ2n) is 16.5. The molecular formula is C36H72N10O12. The molecule has 2 saturated heterocycles. The summed E-state index contributed by atoms with van der Waals surface area (Å²) in [7, 11) is 0. The largest absolute Gasteiger partial charge is 0.389 e. The van der Waals surface area contributed by atoms with Gasteiger partial charge in [0.05, 0.1) is 60.9 Å². The Balaban J connectivity index is 1.10.